The van der Waals surface area contributed by atoms with Crippen LogP contribution in [0.5, 0.6) is 0 Å². The van der Waals surface area contributed by atoms with Gasteiger partial charge in [0.1, 0.15) is 0 Å². The minimum absolute atomic E-state index is 0.290. The van der Waals surface area contributed by atoms with Gasteiger partial charge in [-0.25, -0.2) is 4.79 Å². The molecule has 24 heavy (non-hydrogen) atoms. The number of hydrogen-bond acceptors (Lipinski definition) is 3. The summed E-state index contributed by atoms with van der Waals surface area (Å²) in [5.41, 5.74) is 0.290. The Kier molecular flexibility index (Phi) is 3.98. The van der Waals surface area contributed by atoms with Crippen molar-refractivity contribution in [1.82, 2.24) is 14.7 Å². The van der Waals surface area contributed by atoms with Crippen LogP contribution in [0.2, 0.25) is 0 Å². The lowest BCUT2D eigenvalue weighted by Crippen LogP contribution is -2.68. The van der Waals surface area contributed by atoms with Crippen molar-refractivity contribution >= 4 is 12.0 Å². The molecule has 3 saturated heterocycles. The van der Waals surface area contributed by atoms with Crippen molar-refractivity contribution in [3.63, 3.8) is 0 Å². The topological polar surface area (TPSA) is 64.1 Å². The number of carboxylic acid groups (broad SMARTS) is 1. The van der Waals surface area contributed by atoms with E-state index in [0.29, 0.717) is 24.0 Å². The van der Waals surface area contributed by atoms with E-state index in [1.54, 1.807) is 0 Å². The zero-order valence-electron chi connectivity index (χ0n) is 14.6. The van der Waals surface area contributed by atoms with Gasteiger partial charge in [0.25, 0.3) is 0 Å². The summed E-state index contributed by atoms with van der Waals surface area (Å²) in [6, 6.07) is 1.55. The number of hydrogen-bond donors (Lipinski definition) is 1. The second-order valence-corrected chi connectivity index (χ2v) is 8.37. The molecule has 1 N–H and O–H groups in total. The summed E-state index contributed by atoms with van der Waals surface area (Å²) in [4.78, 5) is 29.4. The van der Waals surface area contributed by atoms with Crippen molar-refractivity contribution in [2.24, 2.45) is 5.41 Å². The summed E-state index contributed by atoms with van der Waals surface area (Å²) in [7, 11) is 0. The van der Waals surface area contributed by atoms with Crippen LogP contribution in [0.3, 0.4) is 0 Å². The zero-order valence-corrected chi connectivity index (χ0v) is 14.6. The van der Waals surface area contributed by atoms with Gasteiger partial charge in [-0.15, -0.1) is 0 Å². The van der Waals surface area contributed by atoms with E-state index in [0.717, 1.165) is 71.1 Å². The van der Waals surface area contributed by atoms with Gasteiger partial charge >= 0.3 is 6.09 Å². The molecule has 1 saturated carbocycles. The number of carbonyl (C=O) groups excluding carboxylic acids is 1. The Labute approximate surface area is 143 Å². The summed E-state index contributed by atoms with van der Waals surface area (Å²) in [6.45, 7) is 5.84. The molecule has 1 spiro atoms. The first kappa shape index (κ1) is 16.2. The fourth-order valence-electron chi connectivity index (χ4n) is 5.55. The summed E-state index contributed by atoms with van der Waals surface area (Å²) in [5.74, 6) is 0.367. The van der Waals surface area contributed by atoms with E-state index in [2.05, 4.69) is 16.7 Å². The summed E-state index contributed by atoms with van der Waals surface area (Å²) in [5, 5.41) is 8.98. The predicted molar refractivity (Wildman–Crippen MR) is 89.8 cm³/mol. The Balaban J connectivity index is 1.25. The number of nitrogens with zero attached hydrogens (tertiary/aromatic N) is 3. The molecule has 3 heterocycles. The number of carbonyl (C=O) groups is 2. The van der Waals surface area contributed by atoms with E-state index in [1.165, 1.54) is 4.90 Å². The first-order valence-corrected chi connectivity index (χ1v) is 9.54. The van der Waals surface area contributed by atoms with E-state index < -0.39 is 6.09 Å². The minimum atomic E-state index is -0.773. The highest BCUT2D eigenvalue weighted by Gasteiger charge is 2.55. The maximum Gasteiger partial charge on any atom is 0.407 e. The van der Waals surface area contributed by atoms with Gasteiger partial charge in [0.2, 0.25) is 5.91 Å². The highest BCUT2D eigenvalue weighted by Crippen LogP contribution is 2.50. The fraction of sp³-hybridized carbons (Fsp3) is 0.889. The molecule has 0 aromatic carbocycles. The first-order valence-electron chi connectivity index (χ1n) is 9.54. The third kappa shape index (κ3) is 2.59. The Bertz CT molecular complexity index is 516. The molecular weight excluding hydrogens is 306 g/mol. The predicted octanol–water partition coefficient (Wildman–Crippen LogP) is 1.99. The molecule has 4 fully saturated rings. The van der Waals surface area contributed by atoms with Crippen LogP contribution in [0.15, 0.2) is 0 Å². The van der Waals surface area contributed by atoms with Gasteiger partial charge in [0, 0.05) is 56.1 Å². The van der Waals surface area contributed by atoms with Crippen molar-refractivity contribution in [2.75, 3.05) is 26.2 Å². The molecule has 1 atom stereocenters. The minimum Gasteiger partial charge on any atom is -0.465 e. The lowest BCUT2D eigenvalue weighted by Gasteiger charge is -2.61. The van der Waals surface area contributed by atoms with Crippen LogP contribution in [-0.4, -0.2) is 76.1 Å². The molecule has 134 valence electrons. The van der Waals surface area contributed by atoms with E-state index in [9.17, 15) is 9.59 Å². The van der Waals surface area contributed by atoms with Gasteiger partial charge in [-0.1, -0.05) is 6.92 Å². The number of piperidine rings is 1. The van der Waals surface area contributed by atoms with Gasteiger partial charge < -0.3 is 19.8 Å². The van der Waals surface area contributed by atoms with E-state index >= 15 is 0 Å². The molecular formula is C18H29N3O3. The van der Waals surface area contributed by atoms with E-state index in [4.69, 9.17) is 5.11 Å². The molecule has 4 rings (SSSR count). The monoisotopic (exact) mass is 335 g/mol. The smallest absolute Gasteiger partial charge is 0.407 e. The lowest BCUT2D eigenvalue weighted by atomic mass is 9.60. The van der Waals surface area contributed by atoms with Gasteiger partial charge in [0.05, 0.1) is 0 Å². The molecule has 6 nitrogen and oxygen atoms in total. The molecule has 4 aliphatic rings. The van der Waals surface area contributed by atoms with Crippen molar-refractivity contribution in [3.8, 4) is 0 Å². The highest BCUT2D eigenvalue weighted by atomic mass is 16.4. The molecule has 6 heteroatoms. The quantitative estimate of drug-likeness (QED) is 0.857. The first-order chi connectivity index (χ1) is 11.5. The Morgan fingerprint density at radius 2 is 1.83 bits per heavy atom. The third-order valence-electron chi connectivity index (χ3n) is 6.91. The van der Waals surface area contributed by atoms with Crippen molar-refractivity contribution in [3.05, 3.63) is 0 Å². The van der Waals surface area contributed by atoms with Gasteiger partial charge in [-0.2, -0.15) is 0 Å². The lowest BCUT2D eigenvalue weighted by molar-refractivity contribution is -0.133. The normalized spacial score (nSPS) is 31.4. The number of likely N-dealkylation sites (tertiary alicyclic amines) is 3. The summed E-state index contributed by atoms with van der Waals surface area (Å²) < 4.78 is 0. The number of amides is 2. The van der Waals surface area contributed by atoms with Crippen molar-refractivity contribution < 1.29 is 14.7 Å². The average molecular weight is 335 g/mol. The summed E-state index contributed by atoms with van der Waals surface area (Å²) in [6.07, 6.45) is 6.61. The second kappa shape index (κ2) is 5.90. The maximum atomic E-state index is 12.2. The van der Waals surface area contributed by atoms with Crippen molar-refractivity contribution in [2.45, 2.75) is 70.0 Å². The molecule has 0 bridgehead atoms. The highest BCUT2D eigenvalue weighted by molar-refractivity contribution is 5.79. The molecule has 0 aromatic rings. The average Bonchev–Trinajstić information content (AvgIpc) is 2.86. The van der Waals surface area contributed by atoms with Gasteiger partial charge in [-0.3, -0.25) is 4.79 Å². The van der Waals surface area contributed by atoms with E-state index in [-0.39, 0.29) is 5.41 Å². The SMILES string of the molecule is CC[C@H]1CCC(=O)N1C1CCN(C2CC3(C2)CN(C(=O)O)C3)CC1. The molecule has 3 aliphatic heterocycles. The molecule has 1 aliphatic carbocycles. The van der Waals surface area contributed by atoms with Crippen LogP contribution in [0.25, 0.3) is 0 Å². The largest absolute Gasteiger partial charge is 0.465 e. The van der Waals surface area contributed by atoms with Crippen LogP contribution in [-0.2, 0) is 4.79 Å². The van der Waals surface area contributed by atoms with Gasteiger partial charge in [0.15, 0.2) is 0 Å². The fourth-order valence-corrected chi connectivity index (χ4v) is 5.55. The Morgan fingerprint density at radius 1 is 1.17 bits per heavy atom. The molecule has 0 radical (unpaired) electrons. The van der Waals surface area contributed by atoms with Crippen LogP contribution in [0.1, 0.15) is 51.9 Å². The molecule has 0 unspecified atom stereocenters. The summed E-state index contributed by atoms with van der Waals surface area (Å²) >= 11 is 0. The standard InChI is InChI=1S/C18H29N3O3/c1-2-13-3-4-16(22)21(13)14-5-7-19(8-6-14)15-9-18(10-15)11-20(12-18)17(23)24/h13-15H,2-12H2,1H3,(H,23,24)/t13-/m0/s1. The zero-order chi connectivity index (χ0) is 16.9. The van der Waals surface area contributed by atoms with Crippen molar-refractivity contribution in [1.29, 1.82) is 0 Å². The number of rotatable bonds is 3. The Hall–Kier alpha value is -1.30. The van der Waals surface area contributed by atoms with Crippen LogP contribution in [0, 0.1) is 5.41 Å². The van der Waals surface area contributed by atoms with E-state index in [1.807, 2.05) is 0 Å². The second-order valence-electron chi connectivity index (χ2n) is 8.37. The molecule has 2 amide bonds. The maximum absolute atomic E-state index is 12.2. The van der Waals surface area contributed by atoms with Crippen LogP contribution >= 0.6 is 0 Å². The Morgan fingerprint density at radius 3 is 2.42 bits per heavy atom. The van der Waals surface area contributed by atoms with Crippen LogP contribution < -0.4 is 0 Å². The molecule has 0 aromatic heterocycles. The third-order valence-corrected chi connectivity index (χ3v) is 6.91. The van der Waals surface area contributed by atoms with Crippen LogP contribution in [0.4, 0.5) is 4.79 Å². The van der Waals surface area contributed by atoms with Gasteiger partial charge in [-0.05, 0) is 38.5 Å².